The van der Waals surface area contributed by atoms with Gasteiger partial charge in [0.2, 0.25) is 5.91 Å². The second-order valence-electron chi connectivity index (χ2n) is 6.29. The first-order valence-corrected chi connectivity index (χ1v) is 9.47. The van der Waals surface area contributed by atoms with Gasteiger partial charge in [0.1, 0.15) is 5.82 Å². The van der Waals surface area contributed by atoms with Gasteiger partial charge in [0, 0.05) is 17.1 Å². The summed E-state index contributed by atoms with van der Waals surface area (Å²) < 4.78 is 0. The smallest absolute Gasteiger partial charge is 0.233 e. The van der Waals surface area contributed by atoms with E-state index in [-0.39, 0.29) is 17.2 Å². The van der Waals surface area contributed by atoms with Crippen LogP contribution in [0.3, 0.4) is 0 Å². The minimum atomic E-state index is -0.275. The van der Waals surface area contributed by atoms with Crippen LogP contribution in [0.15, 0.2) is 59.8 Å². The van der Waals surface area contributed by atoms with E-state index < -0.39 is 0 Å². The van der Waals surface area contributed by atoms with E-state index in [1.807, 2.05) is 75.4 Å². The number of benzene rings is 2. The van der Waals surface area contributed by atoms with Crippen LogP contribution in [0.2, 0.25) is 0 Å². The third kappa shape index (κ3) is 4.52. The zero-order valence-corrected chi connectivity index (χ0v) is 15.9. The van der Waals surface area contributed by atoms with E-state index in [1.165, 1.54) is 11.8 Å². The van der Waals surface area contributed by atoms with Gasteiger partial charge in [-0.3, -0.25) is 4.79 Å². The molecular weight excluding hydrogens is 344 g/mol. The van der Waals surface area contributed by atoms with E-state index in [0.29, 0.717) is 5.16 Å². The zero-order valence-electron chi connectivity index (χ0n) is 15.1. The lowest BCUT2D eigenvalue weighted by Crippen LogP contribution is -2.35. The molecule has 0 aliphatic rings. The van der Waals surface area contributed by atoms with Crippen molar-refractivity contribution in [3.63, 3.8) is 0 Å². The van der Waals surface area contributed by atoms with Gasteiger partial charge in [0.25, 0.3) is 0 Å². The summed E-state index contributed by atoms with van der Waals surface area (Å²) in [6, 6.07) is 17.9. The fourth-order valence-electron chi connectivity index (χ4n) is 2.47. The van der Waals surface area contributed by atoms with Crippen molar-refractivity contribution in [1.29, 1.82) is 0 Å². The summed E-state index contributed by atoms with van der Waals surface area (Å²) in [7, 11) is 0. The molecule has 1 aromatic heterocycles. The summed E-state index contributed by atoms with van der Waals surface area (Å²) in [5, 5.41) is 7.53. The molecule has 0 bridgehead atoms. The van der Waals surface area contributed by atoms with Crippen LogP contribution in [-0.2, 0) is 4.79 Å². The Labute approximate surface area is 157 Å². The number of anilines is 2. The Morgan fingerprint density at radius 1 is 0.962 bits per heavy atom. The van der Waals surface area contributed by atoms with Crippen molar-refractivity contribution in [3.05, 3.63) is 54.6 Å². The van der Waals surface area contributed by atoms with Crippen molar-refractivity contribution in [2.75, 3.05) is 5.32 Å². The number of nitrogens with one attached hydrogen (secondary N) is 2. The van der Waals surface area contributed by atoms with Crippen molar-refractivity contribution in [3.8, 4) is 0 Å². The minimum absolute atomic E-state index is 0.0145. The monoisotopic (exact) mass is 366 g/mol. The third-order valence-electron chi connectivity index (χ3n) is 3.70. The van der Waals surface area contributed by atoms with E-state index in [1.54, 1.807) is 0 Å². The van der Waals surface area contributed by atoms with Crippen LogP contribution in [0.25, 0.3) is 10.9 Å². The molecule has 3 aromatic rings. The third-order valence-corrected chi connectivity index (χ3v) is 4.66. The molecule has 0 saturated heterocycles. The number of nitrogens with zero attached hydrogens (tertiary/aromatic N) is 2. The normalized spacial score (nSPS) is 12.2. The SMILES string of the molecule is CC(C)NC(=O)[C@@H](C)Sc1nc(Nc2ccccc2)c2ccccc2n1. The second kappa shape index (κ2) is 8.19. The summed E-state index contributed by atoms with van der Waals surface area (Å²) in [5.74, 6) is 0.722. The summed E-state index contributed by atoms with van der Waals surface area (Å²) >= 11 is 1.36. The molecule has 0 aliphatic heterocycles. The van der Waals surface area contributed by atoms with Crippen LogP contribution in [-0.4, -0.2) is 27.2 Å². The summed E-state index contributed by atoms with van der Waals surface area (Å²) in [6.07, 6.45) is 0. The van der Waals surface area contributed by atoms with Crippen molar-refractivity contribution < 1.29 is 4.79 Å². The molecule has 1 heterocycles. The lowest BCUT2D eigenvalue weighted by Gasteiger charge is -2.15. The maximum Gasteiger partial charge on any atom is 0.233 e. The Kier molecular flexibility index (Phi) is 5.73. The minimum Gasteiger partial charge on any atom is -0.353 e. The topological polar surface area (TPSA) is 66.9 Å². The highest BCUT2D eigenvalue weighted by atomic mass is 32.2. The van der Waals surface area contributed by atoms with Crippen LogP contribution >= 0.6 is 11.8 Å². The standard InChI is InChI=1S/C20H22N4OS/c1-13(2)21-19(25)14(3)26-20-23-17-12-8-7-11-16(17)18(24-20)22-15-9-5-4-6-10-15/h4-14H,1-3H3,(H,21,25)(H,22,23,24)/t14-/m1/s1. The molecule has 5 nitrogen and oxygen atoms in total. The highest BCUT2D eigenvalue weighted by Gasteiger charge is 2.18. The van der Waals surface area contributed by atoms with Crippen molar-refractivity contribution in [2.24, 2.45) is 0 Å². The highest BCUT2D eigenvalue weighted by Crippen LogP contribution is 2.28. The lowest BCUT2D eigenvalue weighted by atomic mass is 10.2. The van der Waals surface area contributed by atoms with Gasteiger partial charge in [0.15, 0.2) is 5.16 Å². The molecule has 2 aromatic carbocycles. The largest absolute Gasteiger partial charge is 0.353 e. The maximum atomic E-state index is 12.2. The first kappa shape index (κ1) is 18.2. The van der Waals surface area contributed by atoms with Gasteiger partial charge in [-0.1, -0.05) is 42.1 Å². The highest BCUT2D eigenvalue weighted by molar-refractivity contribution is 8.00. The molecule has 0 fully saturated rings. The molecule has 1 atom stereocenters. The Morgan fingerprint density at radius 3 is 2.38 bits per heavy atom. The fraction of sp³-hybridized carbons (Fsp3) is 0.250. The molecule has 0 spiro atoms. The van der Waals surface area contributed by atoms with E-state index in [2.05, 4.69) is 20.6 Å². The van der Waals surface area contributed by atoms with Crippen LogP contribution in [0.1, 0.15) is 20.8 Å². The number of fused-ring (bicyclic) bond motifs is 1. The summed E-state index contributed by atoms with van der Waals surface area (Å²) in [6.45, 7) is 5.76. The molecule has 1 amide bonds. The molecule has 0 radical (unpaired) electrons. The van der Waals surface area contributed by atoms with Gasteiger partial charge < -0.3 is 10.6 Å². The lowest BCUT2D eigenvalue weighted by molar-refractivity contribution is -0.120. The van der Waals surface area contributed by atoms with Gasteiger partial charge in [-0.05, 0) is 45.0 Å². The number of amides is 1. The number of thioether (sulfide) groups is 1. The van der Waals surface area contributed by atoms with Gasteiger partial charge >= 0.3 is 0 Å². The Balaban J connectivity index is 1.90. The number of para-hydroxylation sites is 2. The van der Waals surface area contributed by atoms with Gasteiger partial charge in [-0.2, -0.15) is 0 Å². The summed E-state index contributed by atoms with van der Waals surface area (Å²) in [4.78, 5) is 21.5. The molecule has 2 N–H and O–H groups in total. The van der Waals surface area contributed by atoms with Gasteiger partial charge in [-0.25, -0.2) is 9.97 Å². The van der Waals surface area contributed by atoms with Crippen LogP contribution in [0.4, 0.5) is 11.5 Å². The predicted molar refractivity (Wildman–Crippen MR) is 108 cm³/mol. The molecule has 0 saturated carbocycles. The molecule has 134 valence electrons. The number of carbonyl (C=O) groups is 1. The molecule has 26 heavy (non-hydrogen) atoms. The van der Waals surface area contributed by atoms with Crippen LogP contribution < -0.4 is 10.6 Å². The Bertz CT molecular complexity index is 899. The van der Waals surface area contributed by atoms with E-state index in [9.17, 15) is 4.79 Å². The van der Waals surface area contributed by atoms with E-state index >= 15 is 0 Å². The number of aromatic nitrogens is 2. The first-order valence-electron chi connectivity index (χ1n) is 8.59. The van der Waals surface area contributed by atoms with Crippen molar-refractivity contribution in [1.82, 2.24) is 15.3 Å². The van der Waals surface area contributed by atoms with E-state index in [0.717, 1.165) is 22.4 Å². The molecule has 3 rings (SSSR count). The van der Waals surface area contributed by atoms with Crippen molar-refractivity contribution >= 4 is 40.1 Å². The molecule has 6 heteroatoms. The molecule has 0 unspecified atom stereocenters. The van der Waals surface area contributed by atoms with Crippen molar-refractivity contribution in [2.45, 2.75) is 37.2 Å². The van der Waals surface area contributed by atoms with Crippen LogP contribution in [0, 0.1) is 0 Å². The average molecular weight is 366 g/mol. The second-order valence-corrected chi connectivity index (χ2v) is 7.59. The summed E-state index contributed by atoms with van der Waals surface area (Å²) in [5.41, 5.74) is 1.80. The number of rotatable bonds is 6. The number of hydrogen-bond acceptors (Lipinski definition) is 5. The molecule has 0 aliphatic carbocycles. The predicted octanol–water partition coefficient (Wildman–Crippen LogP) is 4.38. The van der Waals surface area contributed by atoms with Gasteiger partial charge in [-0.15, -0.1) is 0 Å². The van der Waals surface area contributed by atoms with Gasteiger partial charge in [0.05, 0.1) is 10.8 Å². The average Bonchev–Trinajstić information content (AvgIpc) is 2.62. The molecular formula is C20H22N4OS. The Morgan fingerprint density at radius 2 is 1.65 bits per heavy atom. The Hall–Kier alpha value is -2.60. The van der Waals surface area contributed by atoms with E-state index in [4.69, 9.17) is 0 Å². The quantitative estimate of drug-likeness (QED) is 0.501. The number of hydrogen-bond donors (Lipinski definition) is 2. The van der Waals surface area contributed by atoms with Crippen LogP contribution in [0.5, 0.6) is 0 Å². The maximum absolute atomic E-state index is 12.2. The fourth-order valence-corrected chi connectivity index (χ4v) is 3.26. The number of carbonyl (C=O) groups excluding carboxylic acids is 1. The zero-order chi connectivity index (χ0) is 18.5. The first-order chi connectivity index (χ1) is 12.5.